The molecule has 1 atom stereocenters. The molecule has 0 radical (unpaired) electrons. The lowest BCUT2D eigenvalue weighted by Gasteiger charge is -2.20. The first-order chi connectivity index (χ1) is 9.22. The molecule has 1 N–H and O–H groups in total. The number of hydrogen-bond donors (Lipinski definition) is 1. The van der Waals surface area contributed by atoms with Gasteiger partial charge in [-0.05, 0) is 19.8 Å². The van der Waals surface area contributed by atoms with E-state index in [1.807, 2.05) is 13.8 Å². The minimum atomic E-state index is -0.651. The molecular formula is C14H23NO5. The average Bonchev–Trinajstić information content (AvgIpc) is 2.30. The number of nitrogens with one attached hydrogen (secondary N) is 1. The highest BCUT2D eigenvalue weighted by Gasteiger charge is 2.16. The molecule has 6 nitrogen and oxygen atoms in total. The standard InChI is InChI=1S/C14H23NO5/c1-9(2)12(15-11(5)16)8-19-13(17)6-7-14(18)20-10(3)4/h6-7,9-10,12H,8H2,1-5H3,(H,15,16)/b7-6+. The van der Waals surface area contributed by atoms with E-state index in [0.29, 0.717) is 0 Å². The van der Waals surface area contributed by atoms with E-state index in [0.717, 1.165) is 12.2 Å². The van der Waals surface area contributed by atoms with Crippen molar-refractivity contribution < 1.29 is 23.9 Å². The highest BCUT2D eigenvalue weighted by atomic mass is 16.5. The summed E-state index contributed by atoms with van der Waals surface area (Å²) in [4.78, 5) is 33.6. The second kappa shape index (κ2) is 9.12. The molecule has 0 aliphatic carbocycles. The maximum Gasteiger partial charge on any atom is 0.331 e. The zero-order valence-corrected chi connectivity index (χ0v) is 12.6. The van der Waals surface area contributed by atoms with E-state index >= 15 is 0 Å². The van der Waals surface area contributed by atoms with Gasteiger partial charge in [-0.15, -0.1) is 0 Å². The molecule has 1 unspecified atom stereocenters. The van der Waals surface area contributed by atoms with Gasteiger partial charge < -0.3 is 14.8 Å². The van der Waals surface area contributed by atoms with E-state index in [1.165, 1.54) is 6.92 Å². The number of carbonyl (C=O) groups excluding carboxylic acids is 3. The number of amides is 1. The molecule has 0 bridgehead atoms. The van der Waals surface area contributed by atoms with E-state index in [9.17, 15) is 14.4 Å². The number of carbonyl (C=O) groups is 3. The quantitative estimate of drug-likeness (QED) is 0.561. The highest BCUT2D eigenvalue weighted by molar-refractivity contribution is 5.91. The van der Waals surface area contributed by atoms with Gasteiger partial charge in [0.05, 0.1) is 12.1 Å². The van der Waals surface area contributed by atoms with Crippen molar-refractivity contribution in [1.82, 2.24) is 5.32 Å². The molecule has 0 aliphatic heterocycles. The summed E-state index contributed by atoms with van der Waals surface area (Å²) in [7, 11) is 0. The summed E-state index contributed by atoms with van der Waals surface area (Å²) in [5.74, 6) is -1.31. The monoisotopic (exact) mass is 285 g/mol. The molecule has 0 rings (SSSR count). The van der Waals surface area contributed by atoms with Crippen molar-refractivity contribution in [3.05, 3.63) is 12.2 Å². The van der Waals surface area contributed by atoms with Gasteiger partial charge in [-0.3, -0.25) is 4.79 Å². The molecule has 114 valence electrons. The minimum absolute atomic E-state index is 0.0552. The molecule has 0 spiro atoms. The van der Waals surface area contributed by atoms with Crippen LogP contribution in [0.25, 0.3) is 0 Å². The van der Waals surface area contributed by atoms with Gasteiger partial charge in [0.15, 0.2) is 0 Å². The first-order valence-corrected chi connectivity index (χ1v) is 6.55. The number of esters is 2. The Morgan fingerprint density at radius 3 is 2.05 bits per heavy atom. The van der Waals surface area contributed by atoms with Gasteiger partial charge in [0, 0.05) is 19.1 Å². The predicted molar refractivity (Wildman–Crippen MR) is 73.8 cm³/mol. The third-order valence-electron chi connectivity index (χ3n) is 2.31. The lowest BCUT2D eigenvalue weighted by atomic mass is 10.1. The van der Waals surface area contributed by atoms with Gasteiger partial charge in [0.25, 0.3) is 0 Å². The molecule has 0 aromatic rings. The molecule has 1 amide bonds. The molecule has 0 aliphatic rings. The van der Waals surface area contributed by atoms with Gasteiger partial charge in [-0.2, -0.15) is 0 Å². The second-order valence-corrected chi connectivity index (χ2v) is 5.00. The SMILES string of the molecule is CC(=O)NC(COC(=O)/C=C/C(=O)OC(C)C)C(C)C. The van der Waals surface area contributed by atoms with Gasteiger partial charge in [0.2, 0.25) is 5.91 Å². The summed E-state index contributed by atoms with van der Waals surface area (Å²) in [6.07, 6.45) is 1.79. The second-order valence-electron chi connectivity index (χ2n) is 5.00. The lowest BCUT2D eigenvalue weighted by molar-refractivity contribution is -0.143. The van der Waals surface area contributed by atoms with Crippen molar-refractivity contribution in [1.29, 1.82) is 0 Å². The number of hydrogen-bond acceptors (Lipinski definition) is 5. The fourth-order valence-corrected chi connectivity index (χ4v) is 1.29. The van der Waals surface area contributed by atoms with E-state index in [-0.39, 0.29) is 30.6 Å². The van der Waals surface area contributed by atoms with E-state index < -0.39 is 11.9 Å². The number of ether oxygens (including phenoxy) is 2. The normalized spacial score (nSPS) is 12.6. The van der Waals surface area contributed by atoms with Crippen LogP contribution >= 0.6 is 0 Å². The Labute approximate surface area is 119 Å². The third kappa shape index (κ3) is 9.13. The summed E-state index contributed by atoms with van der Waals surface area (Å²) >= 11 is 0. The Bertz CT molecular complexity index is 374. The number of rotatable bonds is 7. The summed E-state index contributed by atoms with van der Waals surface area (Å²) in [6, 6.07) is -0.257. The molecule has 20 heavy (non-hydrogen) atoms. The molecule has 0 heterocycles. The first kappa shape index (κ1) is 18.1. The largest absolute Gasteiger partial charge is 0.460 e. The van der Waals surface area contributed by atoms with Crippen LogP contribution in [0.1, 0.15) is 34.6 Å². The maximum atomic E-state index is 11.4. The molecule has 0 aromatic carbocycles. The van der Waals surface area contributed by atoms with Crippen LogP contribution in [-0.4, -0.2) is 36.6 Å². The fraction of sp³-hybridized carbons (Fsp3) is 0.643. The van der Waals surface area contributed by atoms with Crippen LogP contribution in [0.4, 0.5) is 0 Å². The van der Waals surface area contributed by atoms with E-state index in [1.54, 1.807) is 13.8 Å². The molecule has 0 saturated heterocycles. The van der Waals surface area contributed by atoms with Gasteiger partial charge >= 0.3 is 11.9 Å². The fourth-order valence-electron chi connectivity index (χ4n) is 1.29. The van der Waals surface area contributed by atoms with Crippen molar-refractivity contribution in [2.45, 2.75) is 46.8 Å². The van der Waals surface area contributed by atoms with Crippen LogP contribution in [0.3, 0.4) is 0 Å². The summed E-state index contributed by atoms with van der Waals surface area (Å²) in [5.41, 5.74) is 0. The van der Waals surface area contributed by atoms with Crippen LogP contribution in [0.15, 0.2) is 12.2 Å². The Balaban J connectivity index is 4.22. The van der Waals surface area contributed by atoms with E-state index in [2.05, 4.69) is 5.32 Å². The Kier molecular flexibility index (Phi) is 8.27. The smallest absolute Gasteiger partial charge is 0.331 e. The van der Waals surface area contributed by atoms with Crippen LogP contribution in [0, 0.1) is 5.92 Å². The van der Waals surface area contributed by atoms with Crippen LogP contribution < -0.4 is 5.32 Å². The molecular weight excluding hydrogens is 262 g/mol. The molecule has 0 saturated carbocycles. The predicted octanol–water partition coefficient (Wildman–Crippen LogP) is 1.20. The Hall–Kier alpha value is -1.85. The molecule has 0 fully saturated rings. The van der Waals surface area contributed by atoms with Crippen molar-refractivity contribution in [3.8, 4) is 0 Å². The minimum Gasteiger partial charge on any atom is -0.460 e. The zero-order valence-electron chi connectivity index (χ0n) is 12.6. The lowest BCUT2D eigenvalue weighted by Crippen LogP contribution is -2.41. The van der Waals surface area contributed by atoms with Crippen LogP contribution in [0.2, 0.25) is 0 Å². The Morgan fingerprint density at radius 2 is 1.60 bits per heavy atom. The summed E-state index contributed by atoms with van der Waals surface area (Å²) in [5, 5.41) is 2.69. The van der Waals surface area contributed by atoms with Crippen LogP contribution in [0.5, 0.6) is 0 Å². The molecule has 6 heteroatoms. The topological polar surface area (TPSA) is 81.7 Å². The highest BCUT2D eigenvalue weighted by Crippen LogP contribution is 2.02. The summed E-state index contributed by atoms with van der Waals surface area (Å²) < 4.78 is 9.80. The van der Waals surface area contributed by atoms with Crippen molar-refractivity contribution in [2.75, 3.05) is 6.61 Å². The van der Waals surface area contributed by atoms with Crippen LogP contribution in [-0.2, 0) is 23.9 Å². The average molecular weight is 285 g/mol. The Morgan fingerprint density at radius 1 is 1.05 bits per heavy atom. The zero-order chi connectivity index (χ0) is 15.7. The van der Waals surface area contributed by atoms with E-state index in [4.69, 9.17) is 9.47 Å². The van der Waals surface area contributed by atoms with Crippen molar-refractivity contribution >= 4 is 17.8 Å². The molecule has 0 aromatic heterocycles. The van der Waals surface area contributed by atoms with Gasteiger partial charge in [-0.25, -0.2) is 9.59 Å². The van der Waals surface area contributed by atoms with Crippen molar-refractivity contribution in [2.24, 2.45) is 5.92 Å². The third-order valence-corrected chi connectivity index (χ3v) is 2.31. The summed E-state index contributed by atoms with van der Waals surface area (Å²) in [6.45, 7) is 8.70. The first-order valence-electron chi connectivity index (χ1n) is 6.55. The van der Waals surface area contributed by atoms with Gasteiger partial charge in [0.1, 0.15) is 6.61 Å². The van der Waals surface area contributed by atoms with Crippen molar-refractivity contribution in [3.63, 3.8) is 0 Å². The van der Waals surface area contributed by atoms with Gasteiger partial charge in [-0.1, -0.05) is 13.8 Å². The maximum absolute atomic E-state index is 11.4.